The molecule has 1 atom stereocenters. The molecular formula is C14H21Cl2N. The van der Waals surface area contributed by atoms with Gasteiger partial charge in [0.2, 0.25) is 0 Å². The molecule has 0 aliphatic carbocycles. The van der Waals surface area contributed by atoms with E-state index in [2.05, 4.69) is 25.2 Å². The van der Waals surface area contributed by atoms with E-state index < -0.39 is 0 Å². The van der Waals surface area contributed by atoms with Crippen LogP contribution in [0, 0.1) is 5.92 Å². The summed E-state index contributed by atoms with van der Waals surface area (Å²) in [6.07, 6.45) is 2.28. The molecular weight excluding hydrogens is 253 g/mol. The average molecular weight is 274 g/mol. The fourth-order valence-electron chi connectivity index (χ4n) is 1.97. The Hall–Kier alpha value is -0.240. The van der Waals surface area contributed by atoms with Gasteiger partial charge in [0.25, 0.3) is 0 Å². The lowest BCUT2D eigenvalue weighted by Gasteiger charge is -2.19. The Kier molecular flexibility index (Phi) is 6.94. The third-order valence-electron chi connectivity index (χ3n) is 3.12. The van der Waals surface area contributed by atoms with E-state index in [0.717, 1.165) is 31.0 Å². The van der Waals surface area contributed by atoms with Crippen molar-refractivity contribution in [2.75, 3.05) is 6.54 Å². The van der Waals surface area contributed by atoms with E-state index in [1.165, 1.54) is 5.56 Å². The Balaban J connectivity index is 2.32. The van der Waals surface area contributed by atoms with Crippen LogP contribution in [0.25, 0.3) is 0 Å². The van der Waals surface area contributed by atoms with Crippen LogP contribution in [0.3, 0.4) is 0 Å². The molecule has 0 saturated carbocycles. The van der Waals surface area contributed by atoms with Gasteiger partial charge in [0, 0.05) is 23.5 Å². The van der Waals surface area contributed by atoms with Crippen molar-refractivity contribution in [1.82, 2.24) is 5.32 Å². The molecule has 17 heavy (non-hydrogen) atoms. The minimum atomic E-state index is 0.212. The van der Waals surface area contributed by atoms with Crippen molar-refractivity contribution in [3.8, 4) is 0 Å². The maximum atomic E-state index is 6.36. The van der Waals surface area contributed by atoms with Gasteiger partial charge in [0.1, 0.15) is 0 Å². The molecule has 0 amide bonds. The van der Waals surface area contributed by atoms with E-state index in [9.17, 15) is 0 Å². The normalized spacial score (nSPS) is 13.0. The van der Waals surface area contributed by atoms with Gasteiger partial charge < -0.3 is 5.32 Å². The van der Waals surface area contributed by atoms with Crippen molar-refractivity contribution in [2.45, 2.75) is 38.6 Å². The maximum absolute atomic E-state index is 6.36. The molecule has 96 valence electrons. The smallest absolute Gasteiger partial charge is 0.0488 e. The number of hydrogen-bond acceptors (Lipinski definition) is 1. The first kappa shape index (κ1) is 14.8. The molecule has 0 saturated heterocycles. The van der Waals surface area contributed by atoms with Gasteiger partial charge in [0.15, 0.2) is 0 Å². The van der Waals surface area contributed by atoms with Crippen molar-refractivity contribution in [2.24, 2.45) is 5.92 Å². The van der Waals surface area contributed by atoms with E-state index in [4.69, 9.17) is 23.2 Å². The number of nitrogens with one attached hydrogen (secondary N) is 1. The first-order valence-electron chi connectivity index (χ1n) is 6.26. The predicted molar refractivity (Wildman–Crippen MR) is 76.9 cm³/mol. The molecule has 1 rings (SSSR count). The van der Waals surface area contributed by atoms with Gasteiger partial charge in [-0.15, -0.1) is 11.6 Å². The van der Waals surface area contributed by atoms with E-state index in [1.54, 1.807) is 0 Å². The Bertz CT molecular complexity index is 324. The average Bonchev–Trinajstić information content (AvgIpc) is 2.30. The van der Waals surface area contributed by atoms with E-state index >= 15 is 0 Å². The topological polar surface area (TPSA) is 12.0 Å². The molecule has 3 heteroatoms. The highest BCUT2D eigenvalue weighted by atomic mass is 35.5. The van der Waals surface area contributed by atoms with E-state index in [-0.39, 0.29) is 5.38 Å². The number of benzene rings is 1. The first-order chi connectivity index (χ1) is 8.17. The van der Waals surface area contributed by atoms with Crippen LogP contribution in [-0.2, 0) is 6.54 Å². The fourth-order valence-corrected chi connectivity index (χ4v) is 2.65. The highest BCUT2D eigenvalue weighted by molar-refractivity contribution is 6.30. The molecule has 0 aromatic heterocycles. The van der Waals surface area contributed by atoms with Crippen LogP contribution in [-0.4, -0.2) is 11.9 Å². The maximum Gasteiger partial charge on any atom is 0.0488 e. The molecule has 1 aromatic rings. The zero-order valence-electron chi connectivity index (χ0n) is 10.5. The van der Waals surface area contributed by atoms with Crippen molar-refractivity contribution < 1.29 is 0 Å². The predicted octanol–water partition coefficient (Wildman–Crippen LogP) is 4.47. The third kappa shape index (κ3) is 5.29. The summed E-state index contributed by atoms with van der Waals surface area (Å²) in [5, 5.41) is 4.38. The Morgan fingerprint density at radius 3 is 2.53 bits per heavy atom. The Labute approximate surface area is 115 Å². The number of hydrogen-bond donors (Lipinski definition) is 1. The minimum absolute atomic E-state index is 0.212. The Morgan fingerprint density at radius 1 is 1.24 bits per heavy atom. The van der Waals surface area contributed by atoms with Crippen LogP contribution >= 0.6 is 23.2 Å². The van der Waals surface area contributed by atoms with Crippen molar-refractivity contribution >= 4 is 23.2 Å². The third-order valence-corrected chi connectivity index (χ3v) is 3.86. The zero-order valence-corrected chi connectivity index (χ0v) is 12.1. The molecule has 1 aromatic carbocycles. The molecule has 0 fully saturated rings. The van der Waals surface area contributed by atoms with Crippen LogP contribution in [0.1, 0.15) is 32.3 Å². The van der Waals surface area contributed by atoms with E-state index in [1.807, 2.05) is 18.2 Å². The standard InChI is InChI=1S/C14H21Cl2N/c1-3-12(4-2)14(16)10-17-9-11-6-5-7-13(15)8-11/h5-8,12,14,17H,3-4,9-10H2,1-2H3. The Morgan fingerprint density at radius 2 is 1.94 bits per heavy atom. The highest BCUT2D eigenvalue weighted by Gasteiger charge is 2.14. The van der Waals surface area contributed by atoms with E-state index in [0.29, 0.717) is 5.92 Å². The van der Waals surface area contributed by atoms with Gasteiger partial charge in [-0.25, -0.2) is 0 Å². The lowest BCUT2D eigenvalue weighted by Crippen LogP contribution is -2.28. The molecule has 0 aliphatic rings. The lowest BCUT2D eigenvalue weighted by molar-refractivity contribution is 0.446. The molecule has 0 bridgehead atoms. The SMILES string of the molecule is CCC(CC)C(Cl)CNCc1cccc(Cl)c1. The molecule has 1 N–H and O–H groups in total. The van der Waals surface area contributed by atoms with Crippen LogP contribution in [0.4, 0.5) is 0 Å². The zero-order chi connectivity index (χ0) is 12.7. The minimum Gasteiger partial charge on any atom is -0.311 e. The van der Waals surface area contributed by atoms with Crippen LogP contribution in [0.5, 0.6) is 0 Å². The second-order valence-corrected chi connectivity index (χ2v) is 5.35. The summed E-state index contributed by atoms with van der Waals surface area (Å²) in [5.74, 6) is 0.600. The molecule has 0 radical (unpaired) electrons. The number of halogens is 2. The quantitative estimate of drug-likeness (QED) is 0.723. The summed E-state index contributed by atoms with van der Waals surface area (Å²) in [7, 11) is 0. The molecule has 0 aliphatic heterocycles. The van der Waals surface area contributed by atoms with Gasteiger partial charge in [-0.1, -0.05) is 50.4 Å². The summed E-state index contributed by atoms with van der Waals surface area (Å²) in [6.45, 7) is 6.06. The fraction of sp³-hybridized carbons (Fsp3) is 0.571. The summed E-state index contributed by atoms with van der Waals surface area (Å²) < 4.78 is 0. The van der Waals surface area contributed by atoms with Crippen molar-refractivity contribution in [3.63, 3.8) is 0 Å². The van der Waals surface area contributed by atoms with Gasteiger partial charge in [-0.3, -0.25) is 0 Å². The van der Waals surface area contributed by atoms with Gasteiger partial charge in [0.05, 0.1) is 0 Å². The van der Waals surface area contributed by atoms with Crippen LogP contribution in [0.15, 0.2) is 24.3 Å². The van der Waals surface area contributed by atoms with Crippen LogP contribution in [0.2, 0.25) is 5.02 Å². The summed E-state index contributed by atoms with van der Waals surface area (Å²) >= 11 is 12.3. The lowest BCUT2D eigenvalue weighted by atomic mass is 9.99. The second-order valence-electron chi connectivity index (χ2n) is 4.35. The largest absolute Gasteiger partial charge is 0.311 e. The number of rotatable bonds is 7. The summed E-state index contributed by atoms with van der Waals surface area (Å²) in [6, 6.07) is 7.91. The molecule has 0 heterocycles. The molecule has 1 unspecified atom stereocenters. The van der Waals surface area contributed by atoms with Crippen LogP contribution < -0.4 is 5.32 Å². The summed E-state index contributed by atoms with van der Waals surface area (Å²) in [4.78, 5) is 0. The number of alkyl halides is 1. The first-order valence-corrected chi connectivity index (χ1v) is 7.08. The monoisotopic (exact) mass is 273 g/mol. The van der Waals surface area contributed by atoms with Crippen molar-refractivity contribution in [1.29, 1.82) is 0 Å². The molecule has 1 nitrogen and oxygen atoms in total. The van der Waals surface area contributed by atoms with Gasteiger partial charge in [-0.05, 0) is 23.6 Å². The van der Waals surface area contributed by atoms with Crippen molar-refractivity contribution in [3.05, 3.63) is 34.9 Å². The second kappa shape index (κ2) is 7.97. The highest BCUT2D eigenvalue weighted by Crippen LogP contribution is 2.18. The summed E-state index contributed by atoms with van der Waals surface area (Å²) in [5.41, 5.74) is 1.20. The molecule has 0 spiro atoms. The van der Waals surface area contributed by atoms with Gasteiger partial charge in [-0.2, -0.15) is 0 Å². The van der Waals surface area contributed by atoms with Gasteiger partial charge >= 0.3 is 0 Å².